The predicted octanol–water partition coefficient (Wildman–Crippen LogP) is 2.29. The van der Waals surface area contributed by atoms with E-state index < -0.39 is 0 Å². The fraction of sp³-hybridized carbons (Fsp3) is 0.643. The first-order chi connectivity index (χ1) is 8.31. The van der Waals surface area contributed by atoms with Crippen molar-refractivity contribution in [1.82, 2.24) is 9.88 Å². The van der Waals surface area contributed by atoms with Gasteiger partial charge in [-0.05, 0) is 50.8 Å². The monoisotopic (exact) mass is 231 g/mol. The zero-order valence-electron chi connectivity index (χ0n) is 10.5. The molecule has 17 heavy (non-hydrogen) atoms. The third kappa shape index (κ3) is 2.78. The molecule has 1 saturated heterocycles. The van der Waals surface area contributed by atoms with Crippen molar-refractivity contribution in [2.75, 3.05) is 25.0 Å². The number of hydrogen-bond donors (Lipinski definition) is 1. The van der Waals surface area contributed by atoms with Crippen molar-refractivity contribution < 1.29 is 0 Å². The lowest BCUT2D eigenvalue weighted by molar-refractivity contribution is 0.316. The number of aromatic nitrogens is 1. The molecule has 1 saturated carbocycles. The van der Waals surface area contributed by atoms with Gasteiger partial charge in [0.05, 0.1) is 0 Å². The van der Waals surface area contributed by atoms with Gasteiger partial charge in [-0.3, -0.25) is 4.98 Å². The Balaban J connectivity index is 1.48. The molecule has 1 aliphatic carbocycles. The quantitative estimate of drug-likeness (QED) is 0.861. The standard InChI is InChI=1S/C14H21N3/c1-11-8-13(4-6-15-11)16-9-12-5-7-17(10-12)14-2-3-14/h4,6,8,12,14H,2-3,5,7,9-10H2,1H3,(H,15,16). The number of pyridine rings is 1. The molecule has 92 valence electrons. The van der Waals surface area contributed by atoms with Crippen LogP contribution in [0.25, 0.3) is 0 Å². The van der Waals surface area contributed by atoms with Crippen LogP contribution in [0.2, 0.25) is 0 Å². The van der Waals surface area contributed by atoms with E-state index in [9.17, 15) is 0 Å². The Bertz CT molecular complexity index is 387. The molecule has 0 bridgehead atoms. The number of hydrogen-bond acceptors (Lipinski definition) is 3. The molecule has 1 N–H and O–H groups in total. The molecule has 1 atom stereocenters. The molecule has 1 aliphatic heterocycles. The largest absolute Gasteiger partial charge is 0.385 e. The maximum atomic E-state index is 4.21. The summed E-state index contributed by atoms with van der Waals surface area (Å²) < 4.78 is 0. The fourth-order valence-electron chi connectivity index (χ4n) is 2.72. The zero-order valence-corrected chi connectivity index (χ0v) is 10.5. The lowest BCUT2D eigenvalue weighted by Crippen LogP contribution is -2.24. The van der Waals surface area contributed by atoms with Gasteiger partial charge in [0, 0.05) is 36.7 Å². The first-order valence-electron chi connectivity index (χ1n) is 6.72. The van der Waals surface area contributed by atoms with Gasteiger partial charge in [0.1, 0.15) is 0 Å². The summed E-state index contributed by atoms with van der Waals surface area (Å²) in [7, 11) is 0. The van der Waals surface area contributed by atoms with E-state index in [1.165, 1.54) is 38.0 Å². The normalized spacial score (nSPS) is 25.1. The minimum Gasteiger partial charge on any atom is -0.385 e. The van der Waals surface area contributed by atoms with Crippen molar-refractivity contribution in [3.63, 3.8) is 0 Å². The van der Waals surface area contributed by atoms with E-state index in [1.807, 2.05) is 13.1 Å². The molecule has 3 heteroatoms. The van der Waals surface area contributed by atoms with Crippen molar-refractivity contribution >= 4 is 5.69 Å². The molecule has 2 fully saturated rings. The van der Waals surface area contributed by atoms with Crippen molar-refractivity contribution in [2.24, 2.45) is 5.92 Å². The van der Waals surface area contributed by atoms with Crippen LogP contribution >= 0.6 is 0 Å². The summed E-state index contributed by atoms with van der Waals surface area (Å²) in [4.78, 5) is 6.89. The molecule has 1 aromatic rings. The molecule has 3 rings (SSSR count). The number of rotatable bonds is 4. The van der Waals surface area contributed by atoms with Crippen molar-refractivity contribution in [1.29, 1.82) is 0 Å². The SMILES string of the molecule is Cc1cc(NCC2CCN(C3CC3)C2)ccn1. The van der Waals surface area contributed by atoms with Gasteiger partial charge in [0.25, 0.3) is 0 Å². The first-order valence-corrected chi connectivity index (χ1v) is 6.72. The summed E-state index contributed by atoms with van der Waals surface area (Å²) in [6.45, 7) is 5.75. The first kappa shape index (κ1) is 11.0. The number of likely N-dealkylation sites (tertiary alicyclic amines) is 1. The number of anilines is 1. The highest BCUT2D eigenvalue weighted by molar-refractivity contribution is 5.42. The molecule has 0 amide bonds. The number of nitrogens with zero attached hydrogens (tertiary/aromatic N) is 2. The van der Waals surface area contributed by atoms with Gasteiger partial charge in [-0.15, -0.1) is 0 Å². The van der Waals surface area contributed by atoms with Gasteiger partial charge >= 0.3 is 0 Å². The number of nitrogens with one attached hydrogen (secondary N) is 1. The summed E-state index contributed by atoms with van der Waals surface area (Å²) in [5, 5.41) is 3.54. The maximum Gasteiger partial charge on any atom is 0.0393 e. The Morgan fingerprint density at radius 2 is 2.29 bits per heavy atom. The minimum absolute atomic E-state index is 0.823. The van der Waals surface area contributed by atoms with Crippen molar-refractivity contribution in [3.8, 4) is 0 Å². The van der Waals surface area contributed by atoms with Gasteiger partial charge in [-0.2, -0.15) is 0 Å². The van der Waals surface area contributed by atoms with Crippen molar-refractivity contribution in [3.05, 3.63) is 24.0 Å². The molecule has 0 spiro atoms. The predicted molar refractivity (Wildman–Crippen MR) is 70.2 cm³/mol. The summed E-state index contributed by atoms with van der Waals surface area (Å²) in [5.74, 6) is 0.823. The van der Waals surface area contributed by atoms with E-state index in [-0.39, 0.29) is 0 Å². The van der Waals surface area contributed by atoms with Gasteiger partial charge in [-0.25, -0.2) is 0 Å². The molecule has 0 aromatic carbocycles. The highest BCUT2D eigenvalue weighted by atomic mass is 15.2. The Hall–Kier alpha value is -1.09. The lowest BCUT2D eigenvalue weighted by atomic mass is 10.1. The molecule has 2 aliphatic rings. The summed E-state index contributed by atoms with van der Waals surface area (Å²) in [6.07, 6.45) is 6.10. The van der Waals surface area contributed by atoms with E-state index in [0.717, 1.165) is 24.2 Å². The van der Waals surface area contributed by atoms with E-state index in [2.05, 4.69) is 27.3 Å². The summed E-state index contributed by atoms with van der Waals surface area (Å²) in [5.41, 5.74) is 2.29. The average Bonchev–Trinajstić information content (AvgIpc) is 3.07. The van der Waals surface area contributed by atoms with Gasteiger partial charge < -0.3 is 10.2 Å². The Morgan fingerprint density at radius 1 is 1.41 bits per heavy atom. The van der Waals surface area contributed by atoms with Crippen LogP contribution in [0.3, 0.4) is 0 Å². The summed E-state index contributed by atoms with van der Waals surface area (Å²) in [6, 6.07) is 5.11. The van der Waals surface area contributed by atoms with Crippen LogP contribution in [0, 0.1) is 12.8 Å². The van der Waals surface area contributed by atoms with Gasteiger partial charge in [0.2, 0.25) is 0 Å². The minimum atomic E-state index is 0.823. The van der Waals surface area contributed by atoms with Crippen molar-refractivity contribution in [2.45, 2.75) is 32.2 Å². The van der Waals surface area contributed by atoms with E-state index in [0.29, 0.717) is 0 Å². The molecular formula is C14H21N3. The molecule has 1 aromatic heterocycles. The molecule has 3 nitrogen and oxygen atoms in total. The van der Waals surface area contributed by atoms with Crippen LogP contribution in [0.4, 0.5) is 5.69 Å². The highest BCUT2D eigenvalue weighted by Gasteiger charge is 2.34. The molecule has 0 radical (unpaired) electrons. The number of aryl methyl sites for hydroxylation is 1. The molecule has 1 unspecified atom stereocenters. The van der Waals surface area contributed by atoms with Crippen LogP contribution in [-0.4, -0.2) is 35.6 Å². The second kappa shape index (κ2) is 4.65. The summed E-state index contributed by atoms with van der Waals surface area (Å²) >= 11 is 0. The van der Waals surface area contributed by atoms with Crippen LogP contribution in [0.1, 0.15) is 25.0 Å². The third-order valence-electron chi connectivity index (χ3n) is 3.87. The average molecular weight is 231 g/mol. The zero-order chi connectivity index (χ0) is 11.7. The van der Waals surface area contributed by atoms with E-state index in [1.54, 1.807) is 0 Å². The van der Waals surface area contributed by atoms with E-state index in [4.69, 9.17) is 0 Å². The van der Waals surface area contributed by atoms with Gasteiger partial charge in [0.15, 0.2) is 0 Å². The second-order valence-corrected chi connectivity index (χ2v) is 5.45. The van der Waals surface area contributed by atoms with Crippen LogP contribution in [-0.2, 0) is 0 Å². The maximum absolute atomic E-state index is 4.21. The smallest absolute Gasteiger partial charge is 0.0393 e. The fourth-order valence-corrected chi connectivity index (χ4v) is 2.72. The Kier molecular flexibility index (Phi) is 3.02. The van der Waals surface area contributed by atoms with E-state index >= 15 is 0 Å². The topological polar surface area (TPSA) is 28.2 Å². The van der Waals surface area contributed by atoms with Crippen LogP contribution in [0.15, 0.2) is 18.3 Å². The van der Waals surface area contributed by atoms with Crippen LogP contribution in [0.5, 0.6) is 0 Å². The second-order valence-electron chi connectivity index (χ2n) is 5.45. The van der Waals surface area contributed by atoms with Crippen LogP contribution < -0.4 is 5.32 Å². The highest BCUT2D eigenvalue weighted by Crippen LogP contribution is 2.31. The third-order valence-corrected chi connectivity index (χ3v) is 3.87. The molecular weight excluding hydrogens is 210 g/mol. The lowest BCUT2D eigenvalue weighted by Gasteiger charge is -2.15. The Labute approximate surface area is 103 Å². The molecule has 2 heterocycles. The van der Waals surface area contributed by atoms with Gasteiger partial charge in [-0.1, -0.05) is 0 Å². The Morgan fingerprint density at radius 3 is 3.06 bits per heavy atom.